The predicted octanol–water partition coefficient (Wildman–Crippen LogP) is 4.01. The van der Waals surface area contributed by atoms with Crippen LogP contribution in [0.2, 0.25) is 0 Å². The molecular weight excluding hydrogens is 769 g/mol. The van der Waals surface area contributed by atoms with Crippen LogP contribution in [0.25, 0.3) is 0 Å². The number of aromatic carboxylic acids is 1. The van der Waals surface area contributed by atoms with Crippen molar-refractivity contribution in [3.05, 3.63) is 102 Å². The fourth-order valence-corrected chi connectivity index (χ4v) is 6.22. The Morgan fingerprint density at radius 2 is 1.23 bits per heavy atom. The molecule has 4 aromatic rings. The second-order valence-electron chi connectivity index (χ2n) is 12.4. The third-order valence-corrected chi connectivity index (χ3v) is 9.18. The van der Waals surface area contributed by atoms with Crippen LogP contribution in [0, 0.1) is 22.7 Å². The number of carbonyl (C=O) groups excluding carboxylic acids is 5. The molecule has 7 N–H and O–H groups in total. The van der Waals surface area contributed by atoms with Gasteiger partial charge < -0.3 is 46.1 Å². The second kappa shape index (κ2) is 19.9. The number of benzene rings is 2. The van der Waals surface area contributed by atoms with Crippen LogP contribution >= 0.6 is 22.7 Å². The van der Waals surface area contributed by atoms with Gasteiger partial charge in [-0.1, -0.05) is 24.3 Å². The monoisotopic (exact) mass is 804 g/mol. The van der Waals surface area contributed by atoms with E-state index in [4.69, 9.17) is 15.1 Å². The summed E-state index contributed by atoms with van der Waals surface area (Å²) in [6, 6.07) is 17.6. The molecule has 0 saturated carbocycles. The number of nitriles is 2. The molecule has 2 aromatic heterocycles. The first kappa shape index (κ1) is 43.4. The van der Waals surface area contributed by atoms with Gasteiger partial charge in [-0.3, -0.25) is 14.4 Å². The van der Waals surface area contributed by atoms with Crippen molar-refractivity contribution in [2.75, 3.05) is 13.7 Å². The molecule has 0 aliphatic heterocycles. The van der Waals surface area contributed by atoms with Crippen LogP contribution in [0.4, 0.5) is 4.79 Å². The zero-order valence-electron chi connectivity index (χ0n) is 30.3. The quantitative estimate of drug-likeness (QED) is 0.0999. The van der Waals surface area contributed by atoms with Gasteiger partial charge in [0.05, 0.1) is 34.5 Å². The van der Waals surface area contributed by atoms with Crippen LogP contribution in [0.15, 0.2) is 60.7 Å². The number of nitrogens with one attached hydrogen (secondary N) is 4. The molecule has 0 aliphatic rings. The smallest absolute Gasteiger partial charge is 0.407 e. The van der Waals surface area contributed by atoms with Gasteiger partial charge in [-0.25, -0.2) is 14.4 Å². The summed E-state index contributed by atoms with van der Waals surface area (Å²) in [5.41, 5.74) is 0.518. The van der Waals surface area contributed by atoms with Gasteiger partial charge in [-0.15, -0.1) is 22.7 Å². The summed E-state index contributed by atoms with van der Waals surface area (Å²) >= 11 is 1.53. The van der Waals surface area contributed by atoms with E-state index < -0.39 is 47.4 Å². The zero-order chi connectivity index (χ0) is 41.6. The lowest BCUT2D eigenvalue weighted by Gasteiger charge is -2.21. The van der Waals surface area contributed by atoms with Crippen LogP contribution in [0.5, 0.6) is 11.5 Å². The molecule has 19 heteroatoms. The van der Waals surface area contributed by atoms with Crippen LogP contribution < -0.4 is 21.3 Å². The van der Waals surface area contributed by atoms with E-state index >= 15 is 0 Å². The van der Waals surface area contributed by atoms with E-state index in [1.54, 1.807) is 51.1 Å². The number of thiophene rings is 2. The van der Waals surface area contributed by atoms with E-state index in [0.717, 1.165) is 29.8 Å². The minimum absolute atomic E-state index is 0.0324. The molecular formula is C37H36N6O11S2. The Bertz CT molecular complexity index is 2190. The summed E-state index contributed by atoms with van der Waals surface area (Å²) in [6.07, 6.45) is -0.791. The van der Waals surface area contributed by atoms with E-state index in [-0.39, 0.29) is 61.8 Å². The number of alkyl carbamates (subject to hydrolysis) is 1. The van der Waals surface area contributed by atoms with E-state index in [1.807, 2.05) is 6.07 Å². The van der Waals surface area contributed by atoms with Gasteiger partial charge in [0.2, 0.25) is 0 Å². The second-order valence-corrected chi connectivity index (χ2v) is 14.5. The third kappa shape index (κ3) is 13.2. The Balaban J connectivity index is 0.000000340. The summed E-state index contributed by atoms with van der Waals surface area (Å²) in [5.74, 6) is -3.69. The lowest BCUT2D eigenvalue weighted by Crippen LogP contribution is -2.49. The number of carbonyl (C=O) groups is 6. The molecule has 2 heterocycles. The molecule has 0 aliphatic carbocycles. The number of hydrogen-bond donors (Lipinski definition) is 7. The summed E-state index contributed by atoms with van der Waals surface area (Å²) in [5, 5.41) is 56.1. The fraction of sp³-hybridized carbons (Fsp3) is 0.243. The van der Waals surface area contributed by atoms with Crippen molar-refractivity contribution in [3.8, 4) is 23.6 Å². The molecule has 1 atom stereocenters. The van der Waals surface area contributed by atoms with Crippen molar-refractivity contribution in [1.82, 2.24) is 21.3 Å². The molecule has 0 fully saturated rings. The molecule has 0 bridgehead atoms. The molecule has 0 radical (unpaired) electrons. The summed E-state index contributed by atoms with van der Waals surface area (Å²) in [6.45, 7) is 5.00. The summed E-state index contributed by atoms with van der Waals surface area (Å²) in [4.78, 5) is 72.3. The normalized spacial score (nSPS) is 10.9. The van der Waals surface area contributed by atoms with Gasteiger partial charge in [0.1, 0.15) is 45.0 Å². The number of ether oxygens (including phenoxy) is 2. The number of methoxy groups -OCH3 is 1. The van der Waals surface area contributed by atoms with E-state index in [2.05, 4.69) is 26.0 Å². The van der Waals surface area contributed by atoms with Crippen molar-refractivity contribution >= 4 is 58.4 Å². The number of rotatable bonds is 12. The van der Waals surface area contributed by atoms with Crippen LogP contribution in [-0.2, 0) is 27.4 Å². The molecule has 56 heavy (non-hydrogen) atoms. The molecule has 2 aromatic carbocycles. The van der Waals surface area contributed by atoms with E-state index in [1.165, 1.54) is 36.4 Å². The summed E-state index contributed by atoms with van der Waals surface area (Å²) < 4.78 is 9.78. The Kier molecular flexibility index (Phi) is 15.5. The Hall–Kier alpha value is -6.96. The standard InChI is InChI=1S/C23H26N4O7S.C14H10N2O4S/c1-23(2,3)34-22(32)26-12-16(21(31)33-4)27-20(30)18-14(10-24)9-17(35-18)19(29)25-11-13-6-5-7-15(28)8-13;15-6-9-5-11(21-12(9)14(19)20)13(18)16-7-8-2-1-3-10(17)4-8/h5-9,16,28H,11-12H2,1-4H3,(H,25,29)(H,26,32)(H,27,30);1-5,17H,7H2,(H,16,18)(H,19,20)/t16-;/m0./s1. The Morgan fingerprint density at radius 1 is 0.750 bits per heavy atom. The number of aromatic hydroxyl groups is 2. The van der Waals surface area contributed by atoms with Crippen molar-refractivity contribution < 1.29 is 53.6 Å². The maximum absolute atomic E-state index is 12.8. The lowest BCUT2D eigenvalue weighted by molar-refractivity contribution is -0.142. The SMILES string of the molecule is COC(=O)[C@H](CNC(=O)OC(C)(C)C)NC(=O)c1sc(C(=O)NCc2cccc(O)c2)cc1C#N.N#Cc1cc(C(=O)NCc2cccc(O)c2)sc1C(=O)O. The van der Waals surface area contributed by atoms with Gasteiger partial charge >= 0.3 is 18.0 Å². The number of carboxylic acids is 1. The highest BCUT2D eigenvalue weighted by atomic mass is 32.1. The Labute approximate surface area is 328 Å². The number of carboxylic acid groups (broad SMARTS) is 1. The molecule has 292 valence electrons. The van der Waals surface area contributed by atoms with Crippen LogP contribution in [0.3, 0.4) is 0 Å². The number of phenolic OH excluding ortho intramolecular Hbond substituents is 2. The average Bonchev–Trinajstić information content (AvgIpc) is 3.79. The molecule has 4 amide bonds. The van der Waals surface area contributed by atoms with Gasteiger partial charge in [0, 0.05) is 13.1 Å². The zero-order valence-corrected chi connectivity index (χ0v) is 31.9. The molecule has 0 saturated heterocycles. The highest BCUT2D eigenvalue weighted by Crippen LogP contribution is 2.24. The molecule has 0 unspecified atom stereocenters. The van der Waals surface area contributed by atoms with Crippen LogP contribution in [0.1, 0.15) is 81.7 Å². The maximum Gasteiger partial charge on any atom is 0.407 e. The number of phenols is 2. The first-order chi connectivity index (χ1) is 26.4. The summed E-state index contributed by atoms with van der Waals surface area (Å²) in [7, 11) is 1.12. The largest absolute Gasteiger partial charge is 0.508 e. The number of nitrogens with zero attached hydrogens (tertiary/aromatic N) is 2. The minimum atomic E-state index is -1.27. The van der Waals surface area contributed by atoms with E-state index in [9.17, 15) is 44.2 Å². The highest BCUT2D eigenvalue weighted by molar-refractivity contribution is 7.16. The van der Waals surface area contributed by atoms with Crippen molar-refractivity contribution in [1.29, 1.82) is 10.5 Å². The number of amides is 4. The topological polar surface area (TPSA) is 277 Å². The van der Waals surface area contributed by atoms with Crippen molar-refractivity contribution in [2.24, 2.45) is 0 Å². The Morgan fingerprint density at radius 3 is 1.64 bits per heavy atom. The van der Waals surface area contributed by atoms with Crippen molar-refractivity contribution in [2.45, 2.75) is 45.5 Å². The van der Waals surface area contributed by atoms with Crippen molar-refractivity contribution in [3.63, 3.8) is 0 Å². The maximum atomic E-state index is 12.8. The molecule has 17 nitrogen and oxygen atoms in total. The number of esters is 1. The lowest BCUT2D eigenvalue weighted by atomic mass is 10.2. The first-order valence-corrected chi connectivity index (χ1v) is 17.9. The highest BCUT2D eigenvalue weighted by Gasteiger charge is 2.27. The third-order valence-electron chi connectivity index (χ3n) is 6.92. The fourth-order valence-electron chi connectivity index (χ4n) is 4.43. The molecule has 4 rings (SSSR count). The first-order valence-electron chi connectivity index (χ1n) is 16.2. The van der Waals surface area contributed by atoms with E-state index in [0.29, 0.717) is 11.1 Å². The van der Waals surface area contributed by atoms with Crippen LogP contribution in [-0.4, -0.2) is 76.4 Å². The predicted molar refractivity (Wildman–Crippen MR) is 201 cm³/mol. The van der Waals surface area contributed by atoms with Gasteiger partial charge in [0.25, 0.3) is 17.7 Å². The van der Waals surface area contributed by atoms with Gasteiger partial charge in [-0.05, 0) is 68.3 Å². The average molecular weight is 805 g/mol. The minimum Gasteiger partial charge on any atom is -0.508 e. The van der Waals surface area contributed by atoms with Gasteiger partial charge in [0.15, 0.2) is 0 Å². The molecule has 0 spiro atoms. The van der Waals surface area contributed by atoms with Gasteiger partial charge in [-0.2, -0.15) is 10.5 Å². The number of hydrogen-bond acceptors (Lipinski definition) is 14.